The first-order chi connectivity index (χ1) is 16.9. The van der Waals surface area contributed by atoms with Gasteiger partial charge in [0.2, 0.25) is 11.8 Å². The summed E-state index contributed by atoms with van der Waals surface area (Å²) in [4.78, 5) is 31.6. The van der Waals surface area contributed by atoms with E-state index >= 15 is 0 Å². The maximum atomic E-state index is 13.0. The first-order valence-corrected chi connectivity index (χ1v) is 13.6. The Balaban J connectivity index is 1.57. The Morgan fingerprint density at radius 3 is 2.74 bits per heavy atom. The van der Waals surface area contributed by atoms with Crippen LogP contribution in [0, 0.1) is 23.2 Å². The molecule has 3 rings (SSSR count). The molecular formula is C26H39N5O3S. The SMILES string of the molecule is CCOCC(C#N)[C@@H]1SC(CNc2cccc(N(C)C(=O)CN3CCC(C)CC3)c2)C(=O)N1CC. The van der Waals surface area contributed by atoms with Gasteiger partial charge in [-0.15, -0.1) is 11.8 Å². The normalized spacial score (nSPS) is 22.1. The molecule has 9 heteroatoms. The lowest BCUT2D eigenvalue weighted by Crippen LogP contribution is -2.42. The van der Waals surface area contributed by atoms with Crippen molar-refractivity contribution in [1.29, 1.82) is 5.26 Å². The van der Waals surface area contributed by atoms with E-state index < -0.39 is 0 Å². The zero-order valence-electron chi connectivity index (χ0n) is 21.4. The average Bonchev–Trinajstić information content (AvgIpc) is 3.19. The van der Waals surface area contributed by atoms with Crippen LogP contribution in [-0.4, -0.2) is 85.2 Å². The molecule has 2 aliphatic heterocycles. The molecule has 2 amide bonds. The summed E-state index contributed by atoms with van der Waals surface area (Å²) in [5.74, 6) is 0.504. The topological polar surface area (TPSA) is 88.9 Å². The van der Waals surface area contributed by atoms with Crippen LogP contribution in [0.2, 0.25) is 0 Å². The summed E-state index contributed by atoms with van der Waals surface area (Å²) < 4.78 is 5.47. The largest absolute Gasteiger partial charge is 0.383 e. The molecule has 2 aliphatic rings. The number of rotatable bonds is 11. The molecule has 0 spiro atoms. The van der Waals surface area contributed by atoms with E-state index in [1.54, 1.807) is 9.80 Å². The molecule has 192 valence electrons. The van der Waals surface area contributed by atoms with E-state index in [4.69, 9.17) is 4.74 Å². The number of piperidine rings is 1. The van der Waals surface area contributed by atoms with E-state index in [2.05, 4.69) is 23.2 Å². The standard InChI is InChI=1S/C26H39N5O3S/c1-5-31-25(33)23(35-26(31)20(15-27)18-34-6-2)16-28-21-8-7-9-22(14-21)29(4)24(32)17-30-12-10-19(3)11-13-30/h7-9,14,19-20,23,26,28H,5-6,10-13,16-18H2,1-4H3/t20?,23?,26-/m0/s1. The monoisotopic (exact) mass is 501 g/mol. The van der Waals surface area contributed by atoms with Gasteiger partial charge in [0, 0.05) is 38.1 Å². The molecule has 0 aromatic heterocycles. The maximum Gasteiger partial charge on any atom is 0.240 e. The summed E-state index contributed by atoms with van der Waals surface area (Å²) in [7, 11) is 1.81. The lowest BCUT2D eigenvalue weighted by atomic mass is 9.99. The second kappa shape index (κ2) is 13.1. The van der Waals surface area contributed by atoms with Gasteiger partial charge in [-0.3, -0.25) is 14.5 Å². The lowest BCUT2D eigenvalue weighted by molar-refractivity contribution is -0.130. The molecule has 1 N–H and O–H groups in total. The average molecular weight is 502 g/mol. The number of amides is 2. The number of hydrogen-bond donors (Lipinski definition) is 1. The fraction of sp³-hybridized carbons (Fsp3) is 0.654. The van der Waals surface area contributed by atoms with Crippen LogP contribution in [0.5, 0.6) is 0 Å². The summed E-state index contributed by atoms with van der Waals surface area (Å²) >= 11 is 1.53. The molecule has 2 saturated heterocycles. The zero-order valence-corrected chi connectivity index (χ0v) is 22.2. The minimum Gasteiger partial charge on any atom is -0.383 e. The number of nitrogens with zero attached hydrogens (tertiary/aromatic N) is 4. The van der Waals surface area contributed by atoms with E-state index in [0.29, 0.717) is 32.8 Å². The Morgan fingerprint density at radius 2 is 2.09 bits per heavy atom. The van der Waals surface area contributed by atoms with Gasteiger partial charge in [-0.1, -0.05) is 13.0 Å². The number of likely N-dealkylation sites (N-methyl/N-ethyl adjacent to an activating group) is 1. The van der Waals surface area contributed by atoms with Crippen LogP contribution in [0.15, 0.2) is 24.3 Å². The molecule has 0 saturated carbocycles. The zero-order chi connectivity index (χ0) is 25.4. The van der Waals surface area contributed by atoms with Crippen LogP contribution < -0.4 is 10.2 Å². The van der Waals surface area contributed by atoms with Gasteiger partial charge in [0.05, 0.1) is 30.5 Å². The predicted molar refractivity (Wildman–Crippen MR) is 141 cm³/mol. The van der Waals surface area contributed by atoms with Crippen molar-refractivity contribution in [2.75, 3.05) is 63.2 Å². The molecule has 1 aromatic carbocycles. The van der Waals surface area contributed by atoms with Gasteiger partial charge in [0.1, 0.15) is 5.25 Å². The molecule has 0 aliphatic carbocycles. The highest BCUT2D eigenvalue weighted by Gasteiger charge is 2.43. The Labute approximate surface area is 214 Å². The first kappa shape index (κ1) is 27.3. The molecule has 0 bridgehead atoms. The van der Waals surface area contributed by atoms with Crippen LogP contribution in [-0.2, 0) is 14.3 Å². The number of nitriles is 1. The second-order valence-electron chi connectivity index (χ2n) is 9.38. The van der Waals surface area contributed by atoms with Gasteiger partial charge in [0.15, 0.2) is 0 Å². The minimum atomic E-state index is -0.361. The van der Waals surface area contributed by atoms with Crippen LogP contribution >= 0.6 is 11.8 Å². The van der Waals surface area contributed by atoms with Gasteiger partial charge in [-0.25, -0.2) is 0 Å². The van der Waals surface area contributed by atoms with Gasteiger partial charge in [-0.2, -0.15) is 5.26 Å². The highest BCUT2D eigenvalue weighted by Crippen LogP contribution is 2.36. The number of ether oxygens (including phenoxy) is 1. The third-order valence-corrected chi connectivity index (χ3v) is 8.41. The number of likely N-dealkylation sites (tertiary alicyclic amines) is 1. The van der Waals surface area contributed by atoms with Gasteiger partial charge in [0.25, 0.3) is 0 Å². The Bertz CT molecular complexity index is 899. The molecule has 8 nitrogen and oxygen atoms in total. The molecule has 3 atom stereocenters. The summed E-state index contributed by atoms with van der Waals surface area (Å²) in [6.45, 7) is 10.4. The predicted octanol–water partition coefficient (Wildman–Crippen LogP) is 3.26. The summed E-state index contributed by atoms with van der Waals surface area (Å²) in [6, 6.07) is 10.1. The minimum absolute atomic E-state index is 0.0473. The van der Waals surface area contributed by atoms with E-state index in [-0.39, 0.29) is 28.4 Å². The highest BCUT2D eigenvalue weighted by atomic mass is 32.2. The number of carbonyl (C=O) groups is 2. The number of hydrogen-bond acceptors (Lipinski definition) is 7. The number of carbonyl (C=O) groups excluding carboxylic acids is 2. The first-order valence-electron chi connectivity index (χ1n) is 12.6. The third kappa shape index (κ3) is 7.12. The van der Waals surface area contributed by atoms with E-state index in [1.165, 1.54) is 11.8 Å². The van der Waals surface area contributed by atoms with Crippen molar-refractivity contribution in [2.24, 2.45) is 11.8 Å². The molecule has 2 heterocycles. The molecular weight excluding hydrogens is 462 g/mol. The highest BCUT2D eigenvalue weighted by molar-refractivity contribution is 8.01. The molecule has 2 unspecified atom stereocenters. The fourth-order valence-corrected chi connectivity index (χ4v) is 6.02. The van der Waals surface area contributed by atoms with E-state index in [1.807, 2.05) is 45.2 Å². The van der Waals surface area contributed by atoms with Crippen LogP contribution in [0.25, 0.3) is 0 Å². The van der Waals surface area contributed by atoms with Crippen LogP contribution in [0.4, 0.5) is 11.4 Å². The molecule has 1 aromatic rings. The van der Waals surface area contributed by atoms with Crippen molar-refractivity contribution in [2.45, 2.75) is 44.2 Å². The van der Waals surface area contributed by atoms with Crippen LogP contribution in [0.1, 0.15) is 33.6 Å². The summed E-state index contributed by atoms with van der Waals surface area (Å²) in [6.07, 6.45) is 2.29. The van der Waals surface area contributed by atoms with Crippen molar-refractivity contribution >= 4 is 35.0 Å². The number of nitrogens with one attached hydrogen (secondary N) is 1. The van der Waals surface area contributed by atoms with E-state index in [0.717, 1.165) is 43.2 Å². The molecule has 2 fully saturated rings. The van der Waals surface area contributed by atoms with Gasteiger partial charge >= 0.3 is 0 Å². The number of thioether (sulfide) groups is 1. The van der Waals surface area contributed by atoms with Crippen molar-refractivity contribution in [3.63, 3.8) is 0 Å². The fourth-order valence-electron chi connectivity index (χ4n) is 4.52. The van der Waals surface area contributed by atoms with Crippen molar-refractivity contribution in [1.82, 2.24) is 9.80 Å². The quantitative estimate of drug-likeness (QED) is 0.498. The number of benzene rings is 1. The van der Waals surface area contributed by atoms with Gasteiger partial charge in [-0.05, 0) is 63.9 Å². The smallest absolute Gasteiger partial charge is 0.240 e. The summed E-state index contributed by atoms with van der Waals surface area (Å²) in [5, 5.41) is 12.5. The maximum absolute atomic E-state index is 13.0. The van der Waals surface area contributed by atoms with Crippen molar-refractivity contribution in [3.8, 4) is 6.07 Å². The second-order valence-corrected chi connectivity index (χ2v) is 10.7. The third-order valence-electron chi connectivity index (χ3n) is 6.86. The van der Waals surface area contributed by atoms with E-state index in [9.17, 15) is 14.9 Å². The van der Waals surface area contributed by atoms with Crippen molar-refractivity contribution < 1.29 is 14.3 Å². The van der Waals surface area contributed by atoms with Gasteiger partial charge < -0.3 is 19.9 Å². The molecule has 35 heavy (non-hydrogen) atoms. The molecule has 0 radical (unpaired) electrons. The van der Waals surface area contributed by atoms with Crippen molar-refractivity contribution in [3.05, 3.63) is 24.3 Å². The Hall–Kier alpha value is -2.28. The lowest BCUT2D eigenvalue weighted by Gasteiger charge is -2.31. The Morgan fingerprint density at radius 1 is 1.34 bits per heavy atom. The summed E-state index contributed by atoms with van der Waals surface area (Å²) in [5.41, 5.74) is 1.69. The number of anilines is 2. The van der Waals surface area contributed by atoms with Crippen LogP contribution in [0.3, 0.4) is 0 Å². The Kier molecular flexibility index (Phi) is 10.3.